The van der Waals surface area contributed by atoms with Crippen LogP contribution >= 0.6 is 0 Å². The van der Waals surface area contributed by atoms with E-state index in [9.17, 15) is 10.0 Å². The fourth-order valence-electron chi connectivity index (χ4n) is 1.91. The number of anilines is 2. The van der Waals surface area contributed by atoms with Crippen LogP contribution in [0.15, 0.2) is 18.2 Å². The largest absolute Gasteiger partial charge is 0.490 e. The predicted octanol–water partition coefficient (Wildman–Crippen LogP) is 0.515. The van der Waals surface area contributed by atoms with Crippen LogP contribution in [0, 0.1) is 0 Å². The molecule has 1 aromatic carbocycles. The predicted molar refractivity (Wildman–Crippen MR) is 69.6 cm³/mol. The summed E-state index contributed by atoms with van der Waals surface area (Å²) in [4.78, 5) is 0. The van der Waals surface area contributed by atoms with E-state index >= 15 is 0 Å². The van der Waals surface area contributed by atoms with Gasteiger partial charge in [-0.15, -0.1) is 0 Å². The van der Waals surface area contributed by atoms with Gasteiger partial charge in [-0.05, 0) is 43.9 Å². The van der Waals surface area contributed by atoms with Crippen LogP contribution in [0.4, 0.5) is 11.4 Å². The summed E-state index contributed by atoms with van der Waals surface area (Å²) < 4.78 is 0. The zero-order valence-corrected chi connectivity index (χ0v) is 9.69. The highest BCUT2D eigenvalue weighted by atomic mass is 16.4. The van der Waals surface area contributed by atoms with E-state index in [0.29, 0.717) is 17.5 Å². The first kappa shape index (κ1) is 10.9. The average Bonchev–Trinajstić information content (AvgIpc) is 3.14. The van der Waals surface area contributed by atoms with Crippen molar-refractivity contribution < 1.29 is 10.0 Å². The van der Waals surface area contributed by atoms with Crippen LogP contribution in [-0.2, 0) is 0 Å². The molecular weight excluding hydrogens is 215 g/mol. The Kier molecular flexibility index (Phi) is 2.72. The normalized spacial score (nSPS) is 18.9. The van der Waals surface area contributed by atoms with E-state index in [1.807, 2.05) is 18.2 Å². The monoisotopic (exact) mass is 232 g/mol. The van der Waals surface area contributed by atoms with Gasteiger partial charge in [0.05, 0.1) is 0 Å². The van der Waals surface area contributed by atoms with Crippen molar-refractivity contribution in [3.63, 3.8) is 0 Å². The van der Waals surface area contributed by atoms with Crippen LogP contribution in [0.1, 0.15) is 25.7 Å². The number of hydrogen-bond donors (Lipinski definition) is 4. The highest BCUT2D eigenvalue weighted by molar-refractivity contribution is 6.60. The van der Waals surface area contributed by atoms with Crippen molar-refractivity contribution in [2.75, 3.05) is 10.6 Å². The Balaban J connectivity index is 1.80. The lowest BCUT2D eigenvalue weighted by atomic mass is 9.78. The van der Waals surface area contributed by atoms with Crippen LogP contribution in [0.25, 0.3) is 0 Å². The summed E-state index contributed by atoms with van der Waals surface area (Å²) in [5.41, 5.74) is 2.36. The molecule has 90 valence electrons. The maximum absolute atomic E-state index is 9.40. The maximum Gasteiger partial charge on any atom is 0.490 e. The minimum Gasteiger partial charge on any atom is -0.423 e. The molecular formula is C12H17BN2O2. The molecule has 0 radical (unpaired) electrons. The first-order chi connectivity index (χ1) is 8.22. The Bertz CT molecular complexity index is 417. The van der Waals surface area contributed by atoms with Crippen LogP contribution in [0.2, 0.25) is 0 Å². The molecule has 0 spiro atoms. The minimum absolute atomic E-state index is 0.509. The van der Waals surface area contributed by atoms with Gasteiger partial charge in [0.2, 0.25) is 0 Å². The summed E-state index contributed by atoms with van der Waals surface area (Å²) >= 11 is 0. The van der Waals surface area contributed by atoms with Gasteiger partial charge < -0.3 is 20.7 Å². The van der Waals surface area contributed by atoms with Gasteiger partial charge in [-0.2, -0.15) is 0 Å². The second-order valence-corrected chi connectivity index (χ2v) is 5.01. The van der Waals surface area contributed by atoms with Gasteiger partial charge in [0.1, 0.15) is 0 Å². The number of benzene rings is 1. The first-order valence-electron chi connectivity index (χ1n) is 6.25. The highest BCUT2D eigenvalue weighted by Gasteiger charge is 2.26. The molecule has 0 heterocycles. The van der Waals surface area contributed by atoms with E-state index in [-0.39, 0.29) is 0 Å². The third-order valence-electron chi connectivity index (χ3n) is 3.21. The smallest absolute Gasteiger partial charge is 0.423 e. The van der Waals surface area contributed by atoms with Crippen LogP contribution in [-0.4, -0.2) is 29.3 Å². The van der Waals surface area contributed by atoms with Gasteiger partial charge in [0.25, 0.3) is 0 Å². The molecule has 2 aliphatic carbocycles. The molecule has 4 N–H and O–H groups in total. The molecule has 0 saturated heterocycles. The maximum atomic E-state index is 9.40. The van der Waals surface area contributed by atoms with E-state index in [2.05, 4.69) is 10.6 Å². The van der Waals surface area contributed by atoms with Crippen molar-refractivity contribution in [1.29, 1.82) is 0 Å². The van der Waals surface area contributed by atoms with Crippen molar-refractivity contribution in [3.8, 4) is 0 Å². The molecule has 1 aromatic rings. The van der Waals surface area contributed by atoms with E-state index in [4.69, 9.17) is 0 Å². The van der Waals surface area contributed by atoms with E-state index < -0.39 is 7.12 Å². The third kappa shape index (κ3) is 2.73. The zero-order chi connectivity index (χ0) is 11.8. The molecule has 3 rings (SSSR count). The molecule has 0 atom stereocenters. The molecule has 2 aliphatic rings. The molecule has 2 saturated carbocycles. The van der Waals surface area contributed by atoms with Gasteiger partial charge in [-0.3, -0.25) is 0 Å². The third-order valence-corrected chi connectivity index (χ3v) is 3.21. The molecule has 5 heteroatoms. The lowest BCUT2D eigenvalue weighted by Gasteiger charge is -2.13. The van der Waals surface area contributed by atoms with Crippen LogP contribution in [0.3, 0.4) is 0 Å². The SMILES string of the molecule is OB(O)c1cc(NC2CC2)ccc1NC1CC1. The molecule has 2 fully saturated rings. The van der Waals surface area contributed by atoms with Gasteiger partial charge >= 0.3 is 7.12 Å². The fraction of sp³-hybridized carbons (Fsp3) is 0.500. The fourth-order valence-corrected chi connectivity index (χ4v) is 1.91. The van der Waals surface area contributed by atoms with Crippen molar-refractivity contribution in [3.05, 3.63) is 18.2 Å². The summed E-state index contributed by atoms with van der Waals surface area (Å²) in [5.74, 6) is 0. The Hall–Kier alpha value is -1.20. The standard InChI is InChI=1S/C12H17BN2O2/c16-13(17)11-7-10(14-8-1-2-8)5-6-12(11)15-9-3-4-9/h5-9,14-17H,1-4H2. The topological polar surface area (TPSA) is 64.5 Å². The second kappa shape index (κ2) is 4.24. The minimum atomic E-state index is -1.42. The lowest BCUT2D eigenvalue weighted by molar-refractivity contribution is 0.426. The highest BCUT2D eigenvalue weighted by Crippen LogP contribution is 2.27. The molecule has 17 heavy (non-hydrogen) atoms. The van der Waals surface area contributed by atoms with Crippen molar-refractivity contribution in [2.45, 2.75) is 37.8 Å². The molecule has 0 unspecified atom stereocenters. The number of nitrogens with one attached hydrogen (secondary N) is 2. The summed E-state index contributed by atoms with van der Waals surface area (Å²) in [5, 5.41) is 25.5. The molecule has 0 aromatic heterocycles. The Morgan fingerprint density at radius 3 is 2.24 bits per heavy atom. The van der Waals surface area contributed by atoms with E-state index in [0.717, 1.165) is 11.4 Å². The van der Waals surface area contributed by atoms with Gasteiger partial charge in [-0.1, -0.05) is 0 Å². The van der Waals surface area contributed by atoms with Gasteiger partial charge in [0.15, 0.2) is 0 Å². The van der Waals surface area contributed by atoms with Crippen LogP contribution in [0.5, 0.6) is 0 Å². The quantitative estimate of drug-likeness (QED) is 0.559. The van der Waals surface area contributed by atoms with Gasteiger partial charge in [0, 0.05) is 28.9 Å². The molecule has 0 bridgehead atoms. The first-order valence-corrected chi connectivity index (χ1v) is 6.25. The van der Waals surface area contributed by atoms with E-state index in [1.54, 1.807) is 0 Å². The molecule has 4 nitrogen and oxygen atoms in total. The number of hydrogen-bond acceptors (Lipinski definition) is 4. The summed E-state index contributed by atoms with van der Waals surface area (Å²) in [6, 6.07) is 6.83. The zero-order valence-electron chi connectivity index (χ0n) is 9.69. The Morgan fingerprint density at radius 2 is 1.65 bits per heavy atom. The summed E-state index contributed by atoms with van der Waals surface area (Å²) in [6.07, 6.45) is 4.75. The van der Waals surface area contributed by atoms with Crippen molar-refractivity contribution in [1.82, 2.24) is 0 Å². The average molecular weight is 232 g/mol. The summed E-state index contributed by atoms with van der Waals surface area (Å²) in [7, 11) is -1.42. The van der Waals surface area contributed by atoms with Gasteiger partial charge in [-0.25, -0.2) is 0 Å². The Morgan fingerprint density at radius 1 is 1.00 bits per heavy atom. The van der Waals surface area contributed by atoms with Crippen molar-refractivity contribution in [2.24, 2.45) is 0 Å². The van der Waals surface area contributed by atoms with E-state index in [1.165, 1.54) is 25.7 Å². The Labute approximate surface area is 101 Å². The van der Waals surface area contributed by atoms with Crippen molar-refractivity contribution >= 4 is 24.0 Å². The lowest BCUT2D eigenvalue weighted by Crippen LogP contribution is -2.33. The van der Waals surface area contributed by atoms with Crippen LogP contribution < -0.4 is 16.1 Å². The molecule has 0 aliphatic heterocycles. The molecule has 0 amide bonds. The number of rotatable bonds is 5. The second-order valence-electron chi connectivity index (χ2n) is 5.01. The summed E-state index contributed by atoms with van der Waals surface area (Å²) in [6.45, 7) is 0.